The number of nitrogens with one attached hydrogen (secondary N) is 1. The minimum atomic E-state index is -0.515. The molecule has 0 atom stereocenters. The van der Waals surface area contributed by atoms with Crippen molar-refractivity contribution in [1.82, 2.24) is 10.3 Å². The lowest BCUT2D eigenvalue weighted by Gasteiger charge is -2.03. The van der Waals surface area contributed by atoms with Crippen molar-refractivity contribution < 1.29 is 9.18 Å². The highest BCUT2D eigenvalue weighted by atomic mass is 32.1. The maximum absolute atomic E-state index is 13.2. The molecule has 1 aromatic carbocycles. The molecule has 0 unspecified atom stereocenters. The van der Waals surface area contributed by atoms with Gasteiger partial charge in [-0.1, -0.05) is 12.1 Å². The minimum Gasteiger partial charge on any atom is -0.346 e. The van der Waals surface area contributed by atoms with Crippen LogP contribution >= 0.6 is 11.3 Å². The summed E-state index contributed by atoms with van der Waals surface area (Å²) in [6, 6.07) is 5.89. The lowest BCUT2D eigenvalue weighted by molar-refractivity contribution is 0.0946. The molecule has 5 heteroatoms. The summed E-state index contributed by atoms with van der Waals surface area (Å²) in [5, 5.41) is 4.44. The molecule has 0 aliphatic carbocycles. The summed E-state index contributed by atoms with van der Waals surface area (Å²) in [7, 11) is 0. The van der Waals surface area contributed by atoms with E-state index in [1.165, 1.54) is 23.5 Å². The first-order valence-corrected chi connectivity index (χ1v) is 5.61. The van der Waals surface area contributed by atoms with Gasteiger partial charge in [0.05, 0.1) is 23.3 Å². The molecule has 0 aliphatic rings. The molecule has 1 aromatic heterocycles. The monoisotopic (exact) mass is 236 g/mol. The van der Waals surface area contributed by atoms with E-state index in [1.807, 2.05) is 5.38 Å². The van der Waals surface area contributed by atoms with Crippen LogP contribution in [0, 0.1) is 5.82 Å². The molecule has 0 spiro atoms. The van der Waals surface area contributed by atoms with Crippen LogP contribution in [0.1, 0.15) is 16.1 Å². The van der Waals surface area contributed by atoms with Crippen LogP contribution in [-0.2, 0) is 6.54 Å². The predicted molar refractivity (Wildman–Crippen MR) is 59.7 cm³/mol. The fraction of sp³-hybridized carbons (Fsp3) is 0.0909. The van der Waals surface area contributed by atoms with E-state index >= 15 is 0 Å². The number of benzene rings is 1. The molecule has 0 fully saturated rings. The fourth-order valence-corrected chi connectivity index (χ4v) is 1.79. The molecule has 16 heavy (non-hydrogen) atoms. The Bertz CT molecular complexity index is 484. The van der Waals surface area contributed by atoms with Crippen LogP contribution in [0.15, 0.2) is 35.2 Å². The van der Waals surface area contributed by atoms with E-state index in [2.05, 4.69) is 10.3 Å². The standard InChI is InChI=1S/C11H9FN2OS/c12-10-4-2-1-3-9(10)11(15)13-5-8-6-16-7-14-8/h1-4,6-7H,5H2,(H,13,15). The van der Waals surface area contributed by atoms with Crippen LogP contribution in [-0.4, -0.2) is 10.9 Å². The number of hydrogen-bond donors (Lipinski definition) is 1. The normalized spacial score (nSPS) is 10.1. The molecule has 2 aromatic rings. The highest BCUT2D eigenvalue weighted by Gasteiger charge is 2.10. The first-order valence-electron chi connectivity index (χ1n) is 4.67. The summed E-state index contributed by atoms with van der Waals surface area (Å²) in [5.74, 6) is -0.940. The quantitative estimate of drug-likeness (QED) is 0.887. The number of aromatic nitrogens is 1. The van der Waals surface area contributed by atoms with E-state index in [1.54, 1.807) is 17.6 Å². The largest absolute Gasteiger partial charge is 0.346 e. The van der Waals surface area contributed by atoms with Gasteiger partial charge in [-0.3, -0.25) is 4.79 Å². The second-order valence-electron chi connectivity index (χ2n) is 3.14. The summed E-state index contributed by atoms with van der Waals surface area (Å²) >= 11 is 1.45. The Morgan fingerprint density at radius 1 is 1.44 bits per heavy atom. The Kier molecular flexibility index (Phi) is 3.26. The van der Waals surface area contributed by atoms with Crippen LogP contribution in [0.2, 0.25) is 0 Å². The third kappa shape index (κ3) is 2.43. The zero-order valence-corrected chi connectivity index (χ0v) is 9.13. The molecule has 1 amide bonds. The summed E-state index contributed by atoms with van der Waals surface area (Å²) in [4.78, 5) is 15.6. The van der Waals surface area contributed by atoms with Gasteiger partial charge in [-0.15, -0.1) is 11.3 Å². The third-order valence-electron chi connectivity index (χ3n) is 2.03. The van der Waals surface area contributed by atoms with E-state index in [0.29, 0.717) is 6.54 Å². The van der Waals surface area contributed by atoms with Gasteiger partial charge in [0.15, 0.2) is 0 Å². The fourth-order valence-electron chi connectivity index (χ4n) is 1.24. The van der Waals surface area contributed by atoms with Crippen molar-refractivity contribution >= 4 is 17.2 Å². The van der Waals surface area contributed by atoms with Crippen LogP contribution < -0.4 is 5.32 Å². The molecule has 0 saturated carbocycles. The van der Waals surface area contributed by atoms with Crippen molar-refractivity contribution in [2.75, 3.05) is 0 Å². The number of halogens is 1. The molecule has 3 nitrogen and oxygen atoms in total. The van der Waals surface area contributed by atoms with E-state index < -0.39 is 11.7 Å². The number of thiazole rings is 1. The first-order chi connectivity index (χ1) is 7.77. The lowest BCUT2D eigenvalue weighted by atomic mass is 10.2. The van der Waals surface area contributed by atoms with Gasteiger partial charge < -0.3 is 5.32 Å². The van der Waals surface area contributed by atoms with Crippen molar-refractivity contribution in [2.45, 2.75) is 6.54 Å². The van der Waals surface area contributed by atoms with Crippen molar-refractivity contribution in [3.05, 3.63) is 52.2 Å². The average Bonchev–Trinajstić information content (AvgIpc) is 2.79. The molecule has 1 heterocycles. The van der Waals surface area contributed by atoms with Gasteiger partial charge in [0, 0.05) is 5.38 Å². The highest BCUT2D eigenvalue weighted by Crippen LogP contribution is 2.06. The minimum absolute atomic E-state index is 0.0535. The first kappa shape index (κ1) is 10.8. The maximum atomic E-state index is 13.2. The zero-order chi connectivity index (χ0) is 11.4. The van der Waals surface area contributed by atoms with Crippen molar-refractivity contribution in [2.24, 2.45) is 0 Å². The second kappa shape index (κ2) is 4.85. The average molecular weight is 236 g/mol. The molecule has 0 saturated heterocycles. The van der Waals surface area contributed by atoms with Crippen molar-refractivity contribution in [3.63, 3.8) is 0 Å². The molecule has 1 N–H and O–H groups in total. The molecule has 0 aliphatic heterocycles. The van der Waals surface area contributed by atoms with E-state index in [-0.39, 0.29) is 5.56 Å². The van der Waals surface area contributed by atoms with Crippen LogP contribution in [0.4, 0.5) is 4.39 Å². The summed E-state index contributed by atoms with van der Waals surface area (Å²) in [6.07, 6.45) is 0. The zero-order valence-electron chi connectivity index (χ0n) is 8.31. The SMILES string of the molecule is O=C(NCc1cscn1)c1ccccc1F. The van der Waals surface area contributed by atoms with Gasteiger partial charge in [0.2, 0.25) is 0 Å². The molecule has 82 valence electrons. The van der Waals surface area contributed by atoms with Crippen molar-refractivity contribution in [3.8, 4) is 0 Å². The molecular formula is C11H9FN2OS. The summed E-state index contributed by atoms with van der Waals surface area (Å²) in [6.45, 7) is 0.316. The topological polar surface area (TPSA) is 42.0 Å². The number of carbonyl (C=O) groups excluding carboxylic acids is 1. The Hall–Kier alpha value is -1.75. The number of nitrogens with zero attached hydrogens (tertiary/aromatic N) is 1. The molecule has 0 bridgehead atoms. The van der Waals surface area contributed by atoms with Crippen molar-refractivity contribution in [1.29, 1.82) is 0 Å². The van der Waals surface area contributed by atoms with Crippen LogP contribution in [0.25, 0.3) is 0 Å². The van der Waals surface area contributed by atoms with Crippen LogP contribution in [0.3, 0.4) is 0 Å². The number of rotatable bonds is 3. The second-order valence-corrected chi connectivity index (χ2v) is 3.86. The third-order valence-corrected chi connectivity index (χ3v) is 2.67. The molecule has 0 radical (unpaired) electrons. The summed E-state index contributed by atoms with van der Waals surface area (Å²) in [5.41, 5.74) is 2.51. The van der Waals surface area contributed by atoms with Gasteiger partial charge in [0.1, 0.15) is 5.82 Å². The lowest BCUT2D eigenvalue weighted by Crippen LogP contribution is -2.23. The van der Waals surface area contributed by atoms with Gasteiger partial charge in [-0.25, -0.2) is 9.37 Å². The Morgan fingerprint density at radius 2 is 2.25 bits per heavy atom. The Balaban J connectivity index is 2.01. The smallest absolute Gasteiger partial charge is 0.254 e. The Labute approximate surface area is 96.0 Å². The van der Waals surface area contributed by atoms with E-state index in [4.69, 9.17) is 0 Å². The molecular weight excluding hydrogens is 227 g/mol. The van der Waals surface area contributed by atoms with Gasteiger partial charge in [-0.05, 0) is 12.1 Å². The number of carbonyl (C=O) groups is 1. The van der Waals surface area contributed by atoms with E-state index in [9.17, 15) is 9.18 Å². The number of hydrogen-bond acceptors (Lipinski definition) is 3. The summed E-state index contributed by atoms with van der Waals surface area (Å²) < 4.78 is 13.2. The number of amides is 1. The maximum Gasteiger partial charge on any atom is 0.254 e. The van der Waals surface area contributed by atoms with Gasteiger partial charge in [0.25, 0.3) is 5.91 Å². The van der Waals surface area contributed by atoms with Gasteiger partial charge >= 0.3 is 0 Å². The van der Waals surface area contributed by atoms with Gasteiger partial charge in [-0.2, -0.15) is 0 Å². The predicted octanol–water partition coefficient (Wildman–Crippen LogP) is 2.21. The Morgan fingerprint density at radius 3 is 2.94 bits per heavy atom. The highest BCUT2D eigenvalue weighted by molar-refractivity contribution is 7.07. The molecule has 2 rings (SSSR count). The van der Waals surface area contributed by atoms with Crippen LogP contribution in [0.5, 0.6) is 0 Å². The van der Waals surface area contributed by atoms with E-state index in [0.717, 1.165) is 5.69 Å².